The minimum absolute atomic E-state index is 0. The molecule has 0 aliphatic heterocycles. The number of sulfonamides is 1. The molecule has 0 spiro atoms. The molecule has 3 fully saturated rings. The maximum atomic E-state index is 13.7. The van der Waals surface area contributed by atoms with E-state index < -0.39 is 144 Å². The van der Waals surface area contributed by atoms with Gasteiger partial charge >= 0.3 is 54.6 Å². The Labute approximate surface area is 642 Å². The summed E-state index contributed by atoms with van der Waals surface area (Å²) in [6, 6.07) is 2.97. The predicted molar refractivity (Wildman–Crippen MR) is 396 cm³/mol. The van der Waals surface area contributed by atoms with Crippen molar-refractivity contribution in [3.8, 4) is 0 Å². The van der Waals surface area contributed by atoms with Gasteiger partial charge in [0.05, 0.1) is 26.9 Å². The minimum Gasteiger partial charge on any atom is -0.462 e. The Balaban J connectivity index is -0.000000414. The number of carbonyl (C=O) groups is 7. The fourth-order valence-corrected chi connectivity index (χ4v) is 11.8. The Morgan fingerprint density at radius 2 is 0.890 bits per heavy atom. The van der Waals surface area contributed by atoms with Gasteiger partial charge < -0.3 is 39.0 Å². The molecule has 0 aromatic heterocycles. The van der Waals surface area contributed by atoms with Crippen LogP contribution in [0, 0.1) is 50.7 Å². The number of halogens is 12. The Bertz CT molecular complexity index is 3080. The van der Waals surface area contributed by atoms with Crippen molar-refractivity contribution in [1.29, 1.82) is 0 Å². The van der Waals surface area contributed by atoms with Gasteiger partial charge in [-0.3, -0.25) is 38.3 Å². The first-order chi connectivity index (χ1) is 47.1. The fourth-order valence-electron chi connectivity index (χ4n) is 10.1. The third-order valence-corrected chi connectivity index (χ3v) is 22.6. The van der Waals surface area contributed by atoms with Crippen molar-refractivity contribution in [2.75, 3.05) is 13.2 Å². The average Bonchev–Trinajstić information content (AvgIpc) is 1.13. The van der Waals surface area contributed by atoms with E-state index in [1.54, 1.807) is 83.1 Å². The monoisotopic (exact) mass is 1620 g/mol. The van der Waals surface area contributed by atoms with Crippen LogP contribution in [0.4, 0.5) is 52.7 Å². The third-order valence-electron chi connectivity index (χ3n) is 20.8. The second-order valence-electron chi connectivity index (χ2n) is 32.1. The summed E-state index contributed by atoms with van der Waals surface area (Å²) in [5.41, 5.74) is -17.0. The highest BCUT2D eigenvalue weighted by Gasteiger charge is 2.59. The molecule has 18 nitrogen and oxygen atoms in total. The zero-order chi connectivity index (χ0) is 82.7. The highest BCUT2D eigenvalue weighted by Crippen LogP contribution is 2.53. The molecule has 4 rings (SSSR count). The van der Waals surface area contributed by atoms with Crippen molar-refractivity contribution in [3.63, 3.8) is 0 Å². The van der Waals surface area contributed by atoms with Gasteiger partial charge in [-0.15, -0.1) is 0 Å². The standard InChI is InChI=1S/C18H22F6O3.C18H29F3O3.C14H25F3O3.C12H23NO3S.C12H20O5.4CH4/c1-6-14(2,3)13(25)27-16(5,18(22,23)24)12-9-7-11(8-10-12)15(4,26)17(19,20)21;1-5-16(2,3)15(22)24-14(10-17(4,23)18(19,20)21)13-9-11-6-7-12(13)8-11;1-7-12(4,5)11(18)20-10(9(2)3)8-13(6,19)14(15,16)17;1-4-12(2,3)11(14)13-17(15,16)10-8-6-5-7-9-10;1-5-12(3,4)11(15)17-7-6-16-10(14)8-9(2)13;;;;/h7-10,26H,6H2,1-5H3;11-14,23H,5-10H2,1-4H3;9-10,19H,7-8H2,1-6H3;10H,4-9H2,1-3H3,(H,13,14);5-8H2,1-4H3;4*1H4. The second kappa shape index (κ2) is 43.8. The summed E-state index contributed by atoms with van der Waals surface area (Å²) in [6.07, 6.45) is -12.1. The number of alkyl halides is 12. The Hall–Kier alpha value is -5.30. The van der Waals surface area contributed by atoms with E-state index in [4.69, 9.17) is 23.7 Å². The molecular formula is C78H135F12NO17S. The largest absolute Gasteiger partial charge is 0.462 e. The number of aliphatic hydroxyl groups is 3. The van der Waals surface area contributed by atoms with Crippen molar-refractivity contribution in [2.45, 2.75) is 356 Å². The number of amides is 1. The minimum atomic E-state index is -5.01. The molecule has 31 heteroatoms. The zero-order valence-electron chi connectivity index (χ0n) is 65.3. The van der Waals surface area contributed by atoms with E-state index in [1.807, 2.05) is 20.8 Å². The van der Waals surface area contributed by atoms with Gasteiger partial charge in [-0.2, -0.15) is 52.7 Å². The number of benzene rings is 1. The number of hydrogen-bond acceptors (Lipinski definition) is 17. The van der Waals surface area contributed by atoms with E-state index in [1.165, 1.54) is 20.8 Å². The number of nitrogens with one attached hydrogen (secondary N) is 1. The maximum absolute atomic E-state index is 13.7. The number of rotatable bonds is 28. The Morgan fingerprint density at radius 1 is 0.495 bits per heavy atom. The van der Waals surface area contributed by atoms with Crippen LogP contribution in [-0.2, 0) is 78.5 Å². The van der Waals surface area contributed by atoms with Gasteiger partial charge in [-0.1, -0.05) is 142 Å². The van der Waals surface area contributed by atoms with Crippen molar-refractivity contribution in [2.24, 2.45) is 50.7 Å². The van der Waals surface area contributed by atoms with Crippen molar-refractivity contribution in [3.05, 3.63) is 35.4 Å². The molecule has 644 valence electrons. The van der Waals surface area contributed by atoms with Crippen LogP contribution >= 0.6 is 0 Å². The van der Waals surface area contributed by atoms with Crippen LogP contribution in [0.1, 0.15) is 302 Å². The molecule has 109 heavy (non-hydrogen) atoms. The summed E-state index contributed by atoms with van der Waals surface area (Å²) in [4.78, 5) is 81.5. The van der Waals surface area contributed by atoms with Gasteiger partial charge in [0.2, 0.25) is 21.5 Å². The predicted octanol–water partition coefficient (Wildman–Crippen LogP) is 19.6. The van der Waals surface area contributed by atoms with E-state index in [-0.39, 0.29) is 90.5 Å². The molecule has 0 heterocycles. The molecule has 9 unspecified atom stereocenters. The van der Waals surface area contributed by atoms with E-state index in [2.05, 4.69) is 4.72 Å². The maximum Gasteiger partial charge on any atom is 0.432 e. The molecule has 2 bridgehead atoms. The summed E-state index contributed by atoms with van der Waals surface area (Å²) in [7, 11) is -3.48. The van der Waals surface area contributed by atoms with Crippen LogP contribution in [0.25, 0.3) is 0 Å². The topological polar surface area (TPSA) is 272 Å². The number of hydrogen-bond donors (Lipinski definition) is 4. The first-order valence-electron chi connectivity index (χ1n) is 35.7. The summed E-state index contributed by atoms with van der Waals surface area (Å²) >= 11 is 0. The molecule has 3 saturated carbocycles. The Kier molecular flexibility index (Phi) is 45.1. The summed E-state index contributed by atoms with van der Waals surface area (Å²) in [5, 5.41) is 28.7. The lowest BCUT2D eigenvalue weighted by molar-refractivity contribution is -0.273. The number of carbonyl (C=O) groups excluding carboxylic acids is 7. The van der Waals surface area contributed by atoms with E-state index in [9.17, 15) is 110 Å². The van der Waals surface area contributed by atoms with Gasteiger partial charge in [-0.25, -0.2) is 8.42 Å². The summed E-state index contributed by atoms with van der Waals surface area (Å²) in [5.74, 6) is -3.22. The molecule has 1 aromatic rings. The van der Waals surface area contributed by atoms with Crippen LogP contribution in [0.5, 0.6) is 0 Å². The van der Waals surface area contributed by atoms with E-state index in [0.29, 0.717) is 71.1 Å². The smallest absolute Gasteiger partial charge is 0.432 e. The molecule has 4 N–H and O–H groups in total. The SMILES string of the molecule is C.C.C.C.CCC(C)(C)C(=O)NS(=O)(=O)C1CCCCC1.CCC(C)(C)C(=O)OC(C)(c1ccc(C(C)(O)C(F)(F)F)cc1)C(F)(F)F.CCC(C)(C)C(=O)OC(CC(C)(O)C(F)(F)F)C(C)C.CCC(C)(C)C(=O)OC(CC(C)(O)C(F)(F)F)C1CC2CCC1C2.CCC(C)(C)C(=O)OCCOC(=O)CC(C)=O. The normalized spacial score (nSPS) is 19.1. The fraction of sp³-hybridized carbons (Fsp3) is 0.833. The summed E-state index contributed by atoms with van der Waals surface area (Å²) < 4.78 is 209. The van der Waals surface area contributed by atoms with Crippen LogP contribution < -0.4 is 4.72 Å². The van der Waals surface area contributed by atoms with Gasteiger partial charge in [0.15, 0.2) is 16.8 Å². The van der Waals surface area contributed by atoms with Crippen molar-refractivity contribution < 1.29 is 134 Å². The number of ketones is 1. The number of ether oxygens (including phenoxy) is 5. The van der Waals surface area contributed by atoms with Gasteiger partial charge in [0.1, 0.15) is 37.6 Å². The Morgan fingerprint density at radius 3 is 1.26 bits per heavy atom. The molecular weight excluding hydrogens is 1480 g/mol. The second-order valence-corrected chi connectivity index (χ2v) is 34.1. The molecule has 3 aliphatic rings. The van der Waals surface area contributed by atoms with E-state index >= 15 is 0 Å². The first kappa shape index (κ1) is 112. The number of esters is 5. The lowest BCUT2D eigenvalue weighted by Crippen LogP contribution is -2.48. The lowest BCUT2D eigenvalue weighted by atomic mass is 9.80. The van der Waals surface area contributed by atoms with Gasteiger partial charge in [0, 0.05) is 23.8 Å². The first-order valence-corrected chi connectivity index (χ1v) is 37.2. The molecule has 0 saturated heterocycles. The highest BCUT2D eigenvalue weighted by atomic mass is 32.2. The zero-order valence-corrected chi connectivity index (χ0v) is 66.1. The molecule has 3 aliphatic carbocycles. The third kappa shape index (κ3) is 33.7. The number of fused-ring (bicyclic) bond motifs is 2. The molecule has 1 aromatic carbocycles. The highest BCUT2D eigenvalue weighted by molar-refractivity contribution is 7.90. The van der Waals surface area contributed by atoms with Crippen LogP contribution in [0.3, 0.4) is 0 Å². The summed E-state index contributed by atoms with van der Waals surface area (Å²) in [6.45, 7) is 33.0. The average molecular weight is 1620 g/mol. The van der Waals surface area contributed by atoms with Crippen LogP contribution in [-0.4, -0.2) is 132 Å². The quantitative estimate of drug-likeness (QED) is 0.0200. The molecule has 1 amide bonds. The van der Waals surface area contributed by atoms with Crippen LogP contribution in [0.2, 0.25) is 0 Å². The number of Topliss-reactive ketones (excluding diaryl/α,β-unsaturated/α-hetero) is 1. The van der Waals surface area contributed by atoms with Gasteiger partial charge in [0.25, 0.3) is 0 Å². The molecule has 9 atom stereocenters. The van der Waals surface area contributed by atoms with E-state index in [0.717, 1.165) is 76.1 Å². The van der Waals surface area contributed by atoms with Crippen molar-refractivity contribution in [1.82, 2.24) is 4.72 Å². The molecule has 0 radical (unpaired) electrons. The van der Waals surface area contributed by atoms with Gasteiger partial charge in [-0.05, 0) is 183 Å². The van der Waals surface area contributed by atoms with Crippen molar-refractivity contribution >= 4 is 51.6 Å². The van der Waals surface area contributed by atoms with Crippen LogP contribution in [0.15, 0.2) is 24.3 Å². The lowest BCUT2D eigenvalue weighted by Gasteiger charge is -2.37.